The molecule has 0 unspecified atom stereocenters. The largest absolute Gasteiger partial charge is 0.378 e. The van der Waals surface area contributed by atoms with Crippen molar-refractivity contribution in [1.29, 1.82) is 0 Å². The van der Waals surface area contributed by atoms with Crippen LogP contribution < -0.4 is 10.2 Å². The summed E-state index contributed by atoms with van der Waals surface area (Å²) in [7, 11) is 4.10. The van der Waals surface area contributed by atoms with Crippen LogP contribution in [0, 0.1) is 0 Å². The summed E-state index contributed by atoms with van der Waals surface area (Å²) in [5.41, 5.74) is 2.44. The number of nitrogens with zero attached hydrogens (tertiary/aromatic N) is 2. The molecule has 4 heteroatoms. The minimum Gasteiger partial charge on any atom is -0.378 e. The second-order valence-corrected chi connectivity index (χ2v) is 5.43. The van der Waals surface area contributed by atoms with E-state index in [1.165, 1.54) is 16.1 Å². The predicted molar refractivity (Wildman–Crippen MR) is 80.7 cm³/mol. The van der Waals surface area contributed by atoms with Gasteiger partial charge in [-0.3, -0.25) is 0 Å². The average Bonchev–Trinajstić information content (AvgIpc) is 2.85. The smallest absolute Gasteiger partial charge is 0.183 e. The van der Waals surface area contributed by atoms with Gasteiger partial charge in [0.15, 0.2) is 5.13 Å². The Hall–Kier alpha value is -1.55. The van der Waals surface area contributed by atoms with Crippen molar-refractivity contribution in [3.05, 3.63) is 30.5 Å². The number of hydrogen-bond donors (Lipinski definition) is 1. The first-order valence-electron chi connectivity index (χ1n) is 6.18. The molecule has 2 rings (SSSR count). The van der Waals surface area contributed by atoms with Crippen LogP contribution in [0.1, 0.15) is 13.3 Å². The van der Waals surface area contributed by atoms with Crippen molar-refractivity contribution in [2.24, 2.45) is 0 Å². The molecule has 0 bridgehead atoms. The van der Waals surface area contributed by atoms with Crippen LogP contribution in [0.2, 0.25) is 0 Å². The van der Waals surface area contributed by atoms with E-state index in [1.54, 1.807) is 11.3 Å². The van der Waals surface area contributed by atoms with Crippen molar-refractivity contribution in [2.45, 2.75) is 13.3 Å². The van der Waals surface area contributed by atoms with Crippen LogP contribution in [0.15, 0.2) is 30.5 Å². The van der Waals surface area contributed by atoms with E-state index in [2.05, 4.69) is 60.5 Å². The van der Waals surface area contributed by atoms with Crippen LogP contribution in [-0.2, 0) is 0 Å². The van der Waals surface area contributed by atoms with Gasteiger partial charge in [-0.1, -0.05) is 30.4 Å². The molecule has 18 heavy (non-hydrogen) atoms. The number of thiazole rings is 1. The fourth-order valence-corrected chi connectivity index (χ4v) is 2.49. The van der Waals surface area contributed by atoms with Crippen LogP contribution in [0.5, 0.6) is 0 Å². The van der Waals surface area contributed by atoms with E-state index in [0.717, 1.165) is 18.1 Å². The van der Waals surface area contributed by atoms with E-state index in [0.29, 0.717) is 0 Å². The van der Waals surface area contributed by atoms with Gasteiger partial charge >= 0.3 is 0 Å². The van der Waals surface area contributed by atoms with Crippen LogP contribution in [-0.4, -0.2) is 25.6 Å². The lowest BCUT2D eigenvalue weighted by atomic mass is 10.2. The molecule has 0 aliphatic heterocycles. The van der Waals surface area contributed by atoms with E-state index in [4.69, 9.17) is 0 Å². The number of nitrogens with one attached hydrogen (secondary N) is 1. The maximum absolute atomic E-state index is 4.38. The molecule has 1 aromatic heterocycles. The second kappa shape index (κ2) is 5.87. The number of aromatic nitrogens is 1. The zero-order valence-corrected chi connectivity index (χ0v) is 11.9. The second-order valence-electron chi connectivity index (χ2n) is 4.40. The van der Waals surface area contributed by atoms with E-state index in [-0.39, 0.29) is 0 Å². The highest BCUT2D eigenvalue weighted by Gasteiger charge is 2.04. The maximum atomic E-state index is 4.38. The van der Waals surface area contributed by atoms with Gasteiger partial charge in [-0.25, -0.2) is 4.98 Å². The van der Waals surface area contributed by atoms with Crippen molar-refractivity contribution >= 4 is 22.2 Å². The van der Waals surface area contributed by atoms with Gasteiger partial charge in [0, 0.05) is 32.5 Å². The van der Waals surface area contributed by atoms with Gasteiger partial charge in [-0.15, -0.1) is 0 Å². The first-order valence-corrected chi connectivity index (χ1v) is 7.00. The van der Waals surface area contributed by atoms with Crippen LogP contribution in [0.25, 0.3) is 10.4 Å². The van der Waals surface area contributed by atoms with Gasteiger partial charge in [0.2, 0.25) is 0 Å². The molecule has 96 valence electrons. The minimum atomic E-state index is 0.979. The fourth-order valence-electron chi connectivity index (χ4n) is 1.65. The van der Waals surface area contributed by atoms with Gasteiger partial charge in [-0.05, 0) is 24.1 Å². The van der Waals surface area contributed by atoms with Crippen molar-refractivity contribution in [2.75, 3.05) is 30.9 Å². The summed E-state index contributed by atoms with van der Waals surface area (Å²) in [6.45, 7) is 3.13. The quantitative estimate of drug-likeness (QED) is 0.889. The van der Waals surface area contributed by atoms with E-state index < -0.39 is 0 Å². The lowest BCUT2D eigenvalue weighted by Crippen LogP contribution is -2.07. The summed E-state index contributed by atoms with van der Waals surface area (Å²) in [6.07, 6.45) is 3.06. The van der Waals surface area contributed by atoms with E-state index in [1.807, 2.05) is 6.20 Å². The Morgan fingerprint density at radius 2 is 1.94 bits per heavy atom. The zero-order chi connectivity index (χ0) is 13.0. The molecule has 0 atom stereocenters. The van der Waals surface area contributed by atoms with Gasteiger partial charge in [0.1, 0.15) is 0 Å². The average molecular weight is 261 g/mol. The summed E-state index contributed by atoms with van der Waals surface area (Å²) >= 11 is 1.70. The summed E-state index contributed by atoms with van der Waals surface area (Å²) in [4.78, 5) is 7.69. The van der Waals surface area contributed by atoms with Crippen molar-refractivity contribution in [1.82, 2.24) is 4.98 Å². The number of anilines is 2. The normalized spacial score (nSPS) is 10.4. The fraction of sp³-hybridized carbons (Fsp3) is 0.357. The van der Waals surface area contributed by atoms with E-state index >= 15 is 0 Å². The van der Waals surface area contributed by atoms with Crippen LogP contribution in [0.4, 0.5) is 10.8 Å². The monoisotopic (exact) mass is 261 g/mol. The Morgan fingerprint density at radius 1 is 1.22 bits per heavy atom. The third-order valence-corrected chi connectivity index (χ3v) is 3.70. The number of rotatable bonds is 5. The molecule has 1 heterocycles. The highest BCUT2D eigenvalue weighted by molar-refractivity contribution is 7.18. The molecular weight excluding hydrogens is 242 g/mol. The molecule has 1 aromatic carbocycles. The molecule has 0 aliphatic rings. The SMILES string of the molecule is CCCNc1ncc(-c2ccc(N(C)C)cc2)s1. The highest BCUT2D eigenvalue weighted by Crippen LogP contribution is 2.29. The molecule has 0 spiro atoms. The maximum Gasteiger partial charge on any atom is 0.183 e. The number of hydrogen-bond acceptors (Lipinski definition) is 4. The molecule has 0 saturated carbocycles. The van der Waals surface area contributed by atoms with Crippen molar-refractivity contribution in [3.8, 4) is 10.4 Å². The molecule has 1 N–H and O–H groups in total. The number of benzene rings is 1. The molecular formula is C14H19N3S. The first-order chi connectivity index (χ1) is 8.70. The molecule has 0 radical (unpaired) electrons. The lowest BCUT2D eigenvalue weighted by molar-refractivity contribution is 0.976. The zero-order valence-electron chi connectivity index (χ0n) is 11.1. The summed E-state index contributed by atoms with van der Waals surface area (Å²) in [5.74, 6) is 0. The van der Waals surface area contributed by atoms with Gasteiger partial charge in [-0.2, -0.15) is 0 Å². The Morgan fingerprint density at radius 3 is 2.56 bits per heavy atom. The predicted octanol–water partition coefficient (Wildman–Crippen LogP) is 3.70. The Balaban J connectivity index is 2.13. The molecule has 0 saturated heterocycles. The van der Waals surface area contributed by atoms with Gasteiger partial charge in [0.05, 0.1) is 4.88 Å². The molecule has 0 fully saturated rings. The third-order valence-electron chi connectivity index (χ3n) is 2.70. The van der Waals surface area contributed by atoms with Crippen molar-refractivity contribution in [3.63, 3.8) is 0 Å². The summed E-state index contributed by atoms with van der Waals surface area (Å²) < 4.78 is 0. The van der Waals surface area contributed by atoms with Crippen LogP contribution in [0.3, 0.4) is 0 Å². The highest BCUT2D eigenvalue weighted by atomic mass is 32.1. The first kappa shape index (κ1) is 12.9. The molecule has 2 aromatic rings. The summed E-state index contributed by atoms with van der Waals surface area (Å²) in [6, 6.07) is 8.56. The summed E-state index contributed by atoms with van der Waals surface area (Å²) in [5, 5.41) is 4.32. The third kappa shape index (κ3) is 3.01. The van der Waals surface area contributed by atoms with Gasteiger partial charge in [0.25, 0.3) is 0 Å². The Bertz CT molecular complexity index is 488. The molecule has 3 nitrogen and oxygen atoms in total. The molecule has 0 amide bonds. The van der Waals surface area contributed by atoms with Crippen LogP contribution >= 0.6 is 11.3 Å². The standard InChI is InChI=1S/C14H19N3S/c1-4-9-15-14-16-10-13(18-14)11-5-7-12(8-6-11)17(2)3/h5-8,10H,4,9H2,1-3H3,(H,15,16). The lowest BCUT2D eigenvalue weighted by Gasteiger charge is -2.12. The minimum absolute atomic E-state index is 0.979. The topological polar surface area (TPSA) is 28.2 Å². The Labute approximate surface area is 112 Å². The van der Waals surface area contributed by atoms with Crippen molar-refractivity contribution < 1.29 is 0 Å². The van der Waals surface area contributed by atoms with E-state index in [9.17, 15) is 0 Å². The van der Waals surface area contributed by atoms with Gasteiger partial charge < -0.3 is 10.2 Å². The Kier molecular flexibility index (Phi) is 4.20. The molecule has 0 aliphatic carbocycles.